The molecule has 0 saturated heterocycles. The SMILES string of the molecule is CCCP(CP(CCC)C(C)(C)C)C(C)(C)C. The second-order valence-electron chi connectivity index (χ2n) is 7.01. The molecule has 0 aliphatic heterocycles. The van der Waals surface area contributed by atoms with Crippen LogP contribution < -0.4 is 0 Å². The van der Waals surface area contributed by atoms with Crippen molar-refractivity contribution in [2.24, 2.45) is 0 Å². The molecule has 0 rings (SSSR count). The molecule has 104 valence electrons. The summed E-state index contributed by atoms with van der Waals surface area (Å²) < 4.78 is 0. The summed E-state index contributed by atoms with van der Waals surface area (Å²) in [5.74, 6) is 1.54. The third-order valence-electron chi connectivity index (χ3n) is 3.23. The second kappa shape index (κ2) is 7.45. The van der Waals surface area contributed by atoms with E-state index >= 15 is 0 Å². The Morgan fingerprint density at radius 2 is 0.941 bits per heavy atom. The molecule has 0 nitrogen and oxygen atoms in total. The predicted octanol–water partition coefficient (Wildman–Crippen LogP) is 6.32. The van der Waals surface area contributed by atoms with E-state index in [1.54, 1.807) is 5.90 Å². The van der Waals surface area contributed by atoms with Gasteiger partial charge in [0.1, 0.15) is 0 Å². The molecule has 0 saturated carbocycles. The maximum absolute atomic E-state index is 2.45. The van der Waals surface area contributed by atoms with E-state index in [1.807, 2.05) is 0 Å². The van der Waals surface area contributed by atoms with E-state index in [9.17, 15) is 0 Å². The van der Waals surface area contributed by atoms with Crippen molar-refractivity contribution < 1.29 is 0 Å². The van der Waals surface area contributed by atoms with Gasteiger partial charge < -0.3 is 0 Å². The minimum Gasteiger partial charge on any atom is -0.0968 e. The zero-order chi connectivity index (χ0) is 13.7. The van der Waals surface area contributed by atoms with Gasteiger partial charge in [-0.15, -0.1) is 0 Å². The number of hydrogen-bond donors (Lipinski definition) is 0. The molecule has 0 heterocycles. The first-order valence-electron chi connectivity index (χ1n) is 7.13. The fourth-order valence-corrected chi connectivity index (χ4v) is 10.6. The molecule has 2 heteroatoms. The average molecular weight is 276 g/mol. The van der Waals surface area contributed by atoms with Crippen molar-refractivity contribution in [3.63, 3.8) is 0 Å². The maximum atomic E-state index is 2.45. The van der Waals surface area contributed by atoms with Crippen LogP contribution in [0.3, 0.4) is 0 Å². The highest BCUT2D eigenvalue weighted by Crippen LogP contribution is 2.63. The fraction of sp³-hybridized carbons (Fsp3) is 1.00. The summed E-state index contributed by atoms with van der Waals surface area (Å²) >= 11 is 0. The van der Waals surface area contributed by atoms with E-state index in [1.165, 1.54) is 25.2 Å². The molecule has 0 fully saturated rings. The highest BCUT2D eigenvalue weighted by molar-refractivity contribution is 7.76. The molecule has 0 aromatic heterocycles. The van der Waals surface area contributed by atoms with Crippen molar-refractivity contribution in [3.05, 3.63) is 0 Å². The van der Waals surface area contributed by atoms with Crippen LogP contribution in [-0.2, 0) is 0 Å². The third-order valence-corrected chi connectivity index (χ3v) is 11.7. The zero-order valence-electron chi connectivity index (χ0n) is 13.4. The quantitative estimate of drug-likeness (QED) is 0.498. The van der Waals surface area contributed by atoms with Crippen molar-refractivity contribution >= 4 is 15.8 Å². The number of rotatable bonds is 6. The van der Waals surface area contributed by atoms with Crippen molar-refractivity contribution in [2.45, 2.75) is 78.5 Å². The van der Waals surface area contributed by atoms with Crippen LogP contribution >= 0.6 is 15.8 Å². The van der Waals surface area contributed by atoms with Gasteiger partial charge in [-0.2, -0.15) is 0 Å². The van der Waals surface area contributed by atoms with E-state index in [-0.39, 0.29) is 15.8 Å². The molecule has 0 aliphatic carbocycles. The van der Waals surface area contributed by atoms with Gasteiger partial charge in [0.2, 0.25) is 0 Å². The molecule has 0 radical (unpaired) electrons. The average Bonchev–Trinajstić information content (AvgIpc) is 2.12. The van der Waals surface area contributed by atoms with E-state index in [4.69, 9.17) is 0 Å². The van der Waals surface area contributed by atoms with Crippen LogP contribution in [0, 0.1) is 0 Å². The van der Waals surface area contributed by atoms with E-state index < -0.39 is 0 Å². The molecule has 0 aromatic carbocycles. The van der Waals surface area contributed by atoms with E-state index in [0.717, 1.165) is 0 Å². The topological polar surface area (TPSA) is 0 Å². The Bertz CT molecular complexity index is 176. The van der Waals surface area contributed by atoms with E-state index in [2.05, 4.69) is 55.4 Å². The van der Waals surface area contributed by atoms with Gasteiger partial charge in [-0.25, -0.2) is 0 Å². The molecule has 0 bridgehead atoms. The molecule has 0 amide bonds. The minimum atomic E-state index is 0.212. The molecule has 17 heavy (non-hydrogen) atoms. The highest BCUT2D eigenvalue weighted by atomic mass is 31.2. The molecule has 0 aromatic rings. The molecule has 2 atom stereocenters. The molecule has 0 spiro atoms. The van der Waals surface area contributed by atoms with Gasteiger partial charge in [0, 0.05) is 0 Å². The Labute approximate surface area is 113 Å². The van der Waals surface area contributed by atoms with E-state index in [0.29, 0.717) is 10.3 Å². The van der Waals surface area contributed by atoms with Gasteiger partial charge in [0.05, 0.1) is 0 Å². The van der Waals surface area contributed by atoms with Crippen LogP contribution in [0.15, 0.2) is 0 Å². The van der Waals surface area contributed by atoms with Crippen LogP contribution in [0.4, 0.5) is 0 Å². The Kier molecular flexibility index (Phi) is 7.83. The lowest BCUT2D eigenvalue weighted by Crippen LogP contribution is -2.20. The molecule has 2 unspecified atom stereocenters. The standard InChI is InChI=1S/C15H34P2/c1-9-11-16(14(3,4)5)13-17(12-10-2)15(6,7)8/h9-13H2,1-8H3. The monoisotopic (exact) mass is 276 g/mol. The summed E-state index contributed by atoms with van der Waals surface area (Å²) in [5, 5.41) is 1.09. The van der Waals surface area contributed by atoms with Gasteiger partial charge in [-0.1, -0.05) is 84.1 Å². The smallest absolute Gasteiger partial charge is 0.0111 e. The lowest BCUT2D eigenvalue weighted by Gasteiger charge is -2.39. The zero-order valence-corrected chi connectivity index (χ0v) is 15.2. The minimum absolute atomic E-state index is 0.212. The molecule has 0 aliphatic rings. The van der Waals surface area contributed by atoms with Crippen LogP contribution in [0.2, 0.25) is 0 Å². The van der Waals surface area contributed by atoms with Crippen LogP contribution in [0.1, 0.15) is 68.2 Å². The number of hydrogen-bond acceptors (Lipinski definition) is 0. The molecular weight excluding hydrogens is 242 g/mol. The predicted molar refractivity (Wildman–Crippen MR) is 88.5 cm³/mol. The summed E-state index contributed by atoms with van der Waals surface area (Å²) in [7, 11) is 0.424. The summed E-state index contributed by atoms with van der Waals surface area (Å²) in [4.78, 5) is 0. The van der Waals surface area contributed by atoms with Gasteiger partial charge >= 0.3 is 0 Å². The van der Waals surface area contributed by atoms with Crippen LogP contribution in [0.25, 0.3) is 0 Å². The van der Waals surface area contributed by atoms with Gasteiger partial charge in [0.15, 0.2) is 0 Å². The fourth-order valence-electron chi connectivity index (χ4n) is 1.98. The first-order chi connectivity index (χ1) is 7.62. The summed E-state index contributed by atoms with van der Waals surface area (Å²) in [5.41, 5.74) is 0. The molecular formula is C15H34P2. The largest absolute Gasteiger partial charge is 0.0968 e. The maximum Gasteiger partial charge on any atom is -0.0111 e. The van der Waals surface area contributed by atoms with Crippen LogP contribution in [0.5, 0.6) is 0 Å². The summed E-state index contributed by atoms with van der Waals surface area (Å²) in [6.07, 6.45) is 5.67. The van der Waals surface area contributed by atoms with Crippen LogP contribution in [-0.4, -0.2) is 28.5 Å². The Hall–Kier alpha value is 0.860. The van der Waals surface area contributed by atoms with Gasteiger partial charge in [-0.3, -0.25) is 0 Å². The Balaban J connectivity index is 4.68. The lowest BCUT2D eigenvalue weighted by atomic mass is 10.3. The first kappa shape index (κ1) is 17.9. The first-order valence-corrected chi connectivity index (χ1v) is 10.6. The van der Waals surface area contributed by atoms with Gasteiger partial charge in [-0.05, 0) is 28.5 Å². The Morgan fingerprint density at radius 3 is 1.12 bits per heavy atom. The van der Waals surface area contributed by atoms with Gasteiger partial charge in [0.25, 0.3) is 0 Å². The third kappa shape index (κ3) is 7.12. The second-order valence-corrected chi connectivity index (χ2v) is 13.9. The normalized spacial score (nSPS) is 16.9. The molecule has 0 N–H and O–H groups in total. The highest BCUT2D eigenvalue weighted by Gasteiger charge is 2.30. The van der Waals surface area contributed by atoms with Crippen molar-refractivity contribution in [1.82, 2.24) is 0 Å². The van der Waals surface area contributed by atoms with Crippen molar-refractivity contribution in [1.29, 1.82) is 0 Å². The summed E-state index contributed by atoms with van der Waals surface area (Å²) in [6.45, 7) is 19.4. The Morgan fingerprint density at radius 1 is 0.647 bits per heavy atom. The summed E-state index contributed by atoms with van der Waals surface area (Å²) in [6, 6.07) is 0. The van der Waals surface area contributed by atoms with Crippen molar-refractivity contribution in [2.75, 3.05) is 18.2 Å². The lowest BCUT2D eigenvalue weighted by molar-refractivity contribution is 0.769. The van der Waals surface area contributed by atoms with Crippen molar-refractivity contribution in [3.8, 4) is 0 Å².